The smallest absolute Gasteiger partial charge is 0.293 e. The van der Waals surface area contributed by atoms with Crippen molar-refractivity contribution in [3.05, 3.63) is 71.5 Å². The van der Waals surface area contributed by atoms with Gasteiger partial charge in [-0.3, -0.25) is 4.79 Å². The summed E-state index contributed by atoms with van der Waals surface area (Å²) in [5.74, 6) is 0.101. The van der Waals surface area contributed by atoms with E-state index in [9.17, 15) is 9.90 Å². The lowest BCUT2D eigenvalue weighted by molar-refractivity contribution is 0.0949. The third kappa shape index (κ3) is 4.70. The normalized spacial score (nSPS) is 11.1. The number of amides is 1. The number of nitrogen functional groups attached to an aromatic ring is 1. The number of aromatic nitrogens is 5. The van der Waals surface area contributed by atoms with E-state index in [4.69, 9.17) is 5.73 Å². The number of hydrazone groups is 1. The van der Waals surface area contributed by atoms with Crippen LogP contribution in [-0.2, 0) is 5.75 Å². The first-order valence-electron chi connectivity index (χ1n) is 8.95. The Balaban J connectivity index is 1.57. The highest BCUT2D eigenvalue weighted by molar-refractivity contribution is 7.98. The first-order valence-corrected chi connectivity index (χ1v) is 9.93. The number of hydrogen-bond donors (Lipinski definition) is 3. The van der Waals surface area contributed by atoms with Crippen molar-refractivity contribution in [2.75, 3.05) is 5.73 Å². The van der Waals surface area contributed by atoms with Crippen molar-refractivity contribution >= 4 is 29.7 Å². The van der Waals surface area contributed by atoms with Gasteiger partial charge in [-0.2, -0.15) is 9.78 Å². The Morgan fingerprint density at radius 2 is 1.97 bits per heavy atom. The highest BCUT2D eigenvalue weighted by atomic mass is 32.2. The molecule has 0 spiro atoms. The lowest BCUT2D eigenvalue weighted by atomic mass is 10.2. The third-order valence-electron chi connectivity index (χ3n) is 4.07. The molecule has 156 valence electrons. The molecule has 4 aromatic rings. The average molecular weight is 436 g/mol. The van der Waals surface area contributed by atoms with Gasteiger partial charge in [-0.1, -0.05) is 23.4 Å². The van der Waals surface area contributed by atoms with E-state index in [-0.39, 0.29) is 23.1 Å². The van der Waals surface area contributed by atoms with Crippen LogP contribution in [0, 0.1) is 0 Å². The maximum absolute atomic E-state index is 12.7. The van der Waals surface area contributed by atoms with Crippen LogP contribution in [0.4, 0.5) is 5.82 Å². The Labute approximate surface area is 179 Å². The topological polar surface area (TPSA) is 157 Å². The lowest BCUT2D eigenvalue weighted by Crippen LogP contribution is -2.20. The van der Waals surface area contributed by atoms with E-state index in [1.807, 2.05) is 30.3 Å². The van der Waals surface area contributed by atoms with Crippen LogP contribution in [0.5, 0.6) is 5.75 Å². The molecule has 4 rings (SSSR count). The molecule has 0 saturated carbocycles. The second kappa shape index (κ2) is 9.09. The van der Waals surface area contributed by atoms with Gasteiger partial charge in [0.2, 0.25) is 11.6 Å². The molecule has 2 aromatic carbocycles. The minimum absolute atomic E-state index is 0.0215. The van der Waals surface area contributed by atoms with Gasteiger partial charge >= 0.3 is 0 Å². The number of benzene rings is 2. The fraction of sp³-hybridized carbons (Fsp3) is 0.0526. The van der Waals surface area contributed by atoms with Gasteiger partial charge in [-0.05, 0) is 52.3 Å². The molecule has 0 bridgehead atoms. The van der Waals surface area contributed by atoms with Gasteiger partial charge in [0.15, 0.2) is 5.69 Å². The first kappa shape index (κ1) is 20.1. The number of rotatable bonds is 7. The molecule has 0 unspecified atom stereocenters. The third-order valence-corrected chi connectivity index (χ3v) is 5.09. The number of aromatic hydroxyl groups is 1. The number of thioether (sulfide) groups is 1. The Morgan fingerprint density at radius 3 is 2.68 bits per heavy atom. The fourth-order valence-corrected chi connectivity index (χ4v) is 3.47. The molecule has 0 radical (unpaired) electrons. The summed E-state index contributed by atoms with van der Waals surface area (Å²) in [5, 5.41) is 28.5. The number of hydrogen-bond acceptors (Lipinski definition) is 10. The van der Waals surface area contributed by atoms with Gasteiger partial charge < -0.3 is 10.8 Å². The first-order chi connectivity index (χ1) is 15.1. The van der Waals surface area contributed by atoms with Crippen LogP contribution >= 0.6 is 11.8 Å². The molecule has 0 aliphatic heterocycles. The van der Waals surface area contributed by atoms with Gasteiger partial charge in [0.25, 0.3) is 5.91 Å². The zero-order valence-corrected chi connectivity index (χ0v) is 16.7. The molecule has 31 heavy (non-hydrogen) atoms. The molecule has 0 fully saturated rings. The van der Waals surface area contributed by atoms with Crippen LogP contribution < -0.4 is 11.2 Å². The average Bonchev–Trinajstić information content (AvgIpc) is 3.40. The Bertz CT molecular complexity index is 1200. The molecule has 11 nitrogen and oxygen atoms in total. The standard InChI is InChI=1S/C19H16N8O3S/c20-17-18(25-30-24-17)27-15(11-31-14-4-2-1-3-5-14)16(22-26-27)19(29)23-21-10-12-6-8-13(28)9-7-12/h1-10,28H,11H2,(H2,20,24)(H,23,29)/b21-10+. The number of carbonyl (C=O) groups excluding carboxylic acids is 1. The summed E-state index contributed by atoms with van der Waals surface area (Å²) in [6.45, 7) is 0. The van der Waals surface area contributed by atoms with Crippen molar-refractivity contribution in [1.82, 2.24) is 30.7 Å². The van der Waals surface area contributed by atoms with Gasteiger partial charge in [0, 0.05) is 10.6 Å². The molecule has 0 aliphatic carbocycles. The molecular weight excluding hydrogens is 420 g/mol. The van der Waals surface area contributed by atoms with E-state index in [2.05, 4.69) is 35.8 Å². The van der Waals surface area contributed by atoms with E-state index in [1.54, 1.807) is 12.1 Å². The molecule has 0 saturated heterocycles. The van der Waals surface area contributed by atoms with Gasteiger partial charge in [-0.25, -0.2) is 10.1 Å². The second-order valence-electron chi connectivity index (χ2n) is 6.16. The van der Waals surface area contributed by atoms with E-state index >= 15 is 0 Å². The van der Waals surface area contributed by atoms with Crippen molar-refractivity contribution in [2.45, 2.75) is 10.6 Å². The summed E-state index contributed by atoms with van der Waals surface area (Å²) in [6.07, 6.45) is 1.44. The second-order valence-corrected chi connectivity index (χ2v) is 7.21. The van der Waals surface area contributed by atoms with Gasteiger partial charge in [0.1, 0.15) is 5.75 Å². The van der Waals surface area contributed by atoms with Crippen LogP contribution in [0.1, 0.15) is 21.7 Å². The predicted molar refractivity (Wildman–Crippen MR) is 113 cm³/mol. The number of nitrogens with one attached hydrogen (secondary N) is 1. The minimum Gasteiger partial charge on any atom is -0.508 e. The summed E-state index contributed by atoms with van der Waals surface area (Å²) in [4.78, 5) is 13.7. The molecule has 4 N–H and O–H groups in total. The number of nitrogens with zero attached hydrogens (tertiary/aromatic N) is 6. The summed E-state index contributed by atoms with van der Waals surface area (Å²) >= 11 is 1.49. The van der Waals surface area contributed by atoms with Crippen LogP contribution in [0.3, 0.4) is 0 Å². The molecule has 12 heteroatoms. The zero-order chi connectivity index (χ0) is 21.6. The summed E-state index contributed by atoms with van der Waals surface area (Å²) in [5.41, 5.74) is 9.42. The van der Waals surface area contributed by atoms with Crippen molar-refractivity contribution in [3.63, 3.8) is 0 Å². The Morgan fingerprint density at radius 1 is 1.19 bits per heavy atom. The minimum atomic E-state index is -0.556. The number of carbonyl (C=O) groups is 1. The maximum Gasteiger partial charge on any atom is 0.293 e. The predicted octanol–water partition coefficient (Wildman–Crippen LogP) is 1.99. The summed E-state index contributed by atoms with van der Waals surface area (Å²) < 4.78 is 5.97. The molecule has 1 amide bonds. The molecule has 2 aromatic heterocycles. The van der Waals surface area contributed by atoms with Crippen LogP contribution in [0.25, 0.3) is 5.82 Å². The van der Waals surface area contributed by atoms with Crippen molar-refractivity contribution < 1.29 is 14.5 Å². The number of nitrogens with two attached hydrogens (primary N) is 1. The van der Waals surface area contributed by atoms with E-state index in [0.29, 0.717) is 17.0 Å². The fourth-order valence-electron chi connectivity index (χ4n) is 2.56. The van der Waals surface area contributed by atoms with Crippen molar-refractivity contribution in [2.24, 2.45) is 5.10 Å². The molecule has 2 heterocycles. The number of phenols is 1. The Hall–Kier alpha value is -4.19. The molecule has 0 aliphatic rings. The van der Waals surface area contributed by atoms with Crippen LogP contribution in [0.2, 0.25) is 0 Å². The quantitative estimate of drug-likeness (QED) is 0.224. The highest BCUT2D eigenvalue weighted by Gasteiger charge is 2.23. The van der Waals surface area contributed by atoms with Gasteiger partial charge in [-0.15, -0.1) is 16.9 Å². The molecular formula is C19H16N8O3S. The molecule has 0 atom stereocenters. The zero-order valence-electron chi connectivity index (χ0n) is 15.9. The van der Waals surface area contributed by atoms with E-state index < -0.39 is 5.91 Å². The van der Waals surface area contributed by atoms with Crippen LogP contribution in [0.15, 0.2) is 69.2 Å². The highest BCUT2D eigenvalue weighted by Crippen LogP contribution is 2.25. The summed E-state index contributed by atoms with van der Waals surface area (Å²) in [6, 6.07) is 16.0. The van der Waals surface area contributed by atoms with E-state index in [1.165, 1.54) is 34.8 Å². The number of anilines is 1. The van der Waals surface area contributed by atoms with Crippen molar-refractivity contribution in [1.29, 1.82) is 0 Å². The lowest BCUT2D eigenvalue weighted by Gasteiger charge is -2.05. The van der Waals surface area contributed by atoms with E-state index in [0.717, 1.165) is 4.90 Å². The van der Waals surface area contributed by atoms with Crippen LogP contribution in [-0.4, -0.2) is 42.5 Å². The monoisotopic (exact) mass is 436 g/mol. The number of phenolic OH excluding ortho intramolecular Hbond substituents is 1. The van der Waals surface area contributed by atoms with Gasteiger partial charge in [0.05, 0.1) is 11.9 Å². The SMILES string of the molecule is Nc1nonc1-n1nnc(C(=O)N/N=C/c2ccc(O)cc2)c1CSc1ccccc1. The maximum atomic E-state index is 12.7. The Kier molecular flexibility index (Phi) is 5.89. The largest absolute Gasteiger partial charge is 0.508 e. The summed E-state index contributed by atoms with van der Waals surface area (Å²) in [7, 11) is 0. The van der Waals surface area contributed by atoms with Crippen molar-refractivity contribution in [3.8, 4) is 11.6 Å².